The summed E-state index contributed by atoms with van der Waals surface area (Å²) in [5, 5.41) is 16.4. The maximum absolute atomic E-state index is 10.9. The minimum Gasteiger partial charge on any atom is -0.487 e. The van der Waals surface area contributed by atoms with Crippen LogP contribution >= 0.6 is 34.8 Å². The quantitative estimate of drug-likeness (QED) is 0.321. The Morgan fingerprint density at radius 3 is 2.39 bits per heavy atom. The van der Waals surface area contributed by atoms with Crippen LogP contribution in [0.3, 0.4) is 0 Å². The lowest BCUT2D eigenvalue weighted by Gasteiger charge is -2.15. The Kier molecular flexibility index (Phi) is 6.13. The molecule has 0 atom stereocenters. The average molecular weight is 441 g/mol. The van der Waals surface area contributed by atoms with Crippen LogP contribution in [-0.4, -0.2) is 14.7 Å². The zero-order chi connectivity index (χ0) is 20.4. The van der Waals surface area contributed by atoms with Crippen molar-refractivity contribution in [1.82, 2.24) is 9.78 Å². The molecule has 0 saturated carbocycles. The smallest absolute Gasteiger partial charge is 0.288 e. The zero-order valence-electron chi connectivity index (χ0n) is 15.0. The number of rotatable bonds is 6. The summed E-state index contributed by atoms with van der Waals surface area (Å²) in [7, 11) is 0. The van der Waals surface area contributed by atoms with E-state index < -0.39 is 4.92 Å². The topological polar surface area (TPSA) is 70.2 Å². The van der Waals surface area contributed by atoms with Gasteiger partial charge in [0.1, 0.15) is 17.4 Å². The Labute approximate surface area is 176 Å². The summed E-state index contributed by atoms with van der Waals surface area (Å²) in [6.07, 6.45) is 1.70. The average Bonchev–Trinajstić information content (AvgIpc) is 3.03. The first-order valence-corrected chi connectivity index (χ1v) is 9.50. The van der Waals surface area contributed by atoms with Gasteiger partial charge < -0.3 is 4.74 Å². The Balaban J connectivity index is 1.97. The first kappa shape index (κ1) is 20.5. The van der Waals surface area contributed by atoms with Gasteiger partial charge in [0.25, 0.3) is 5.69 Å². The Bertz CT molecular complexity index is 1010. The molecule has 146 valence electrons. The van der Waals surface area contributed by atoms with Crippen LogP contribution in [0.5, 0.6) is 5.75 Å². The van der Waals surface area contributed by atoms with E-state index >= 15 is 0 Å². The summed E-state index contributed by atoms with van der Waals surface area (Å²) in [6, 6.07) is 9.60. The first-order chi connectivity index (χ1) is 13.3. The monoisotopic (exact) mass is 439 g/mol. The van der Waals surface area contributed by atoms with Gasteiger partial charge in [-0.3, -0.25) is 14.8 Å². The summed E-state index contributed by atoms with van der Waals surface area (Å²) < 4.78 is 7.67. The third kappa shape index (κ3) is 4.09. The van der Waals surface area contributed by atoms with Crippen molar-refractivity contribution >= 4 is 40.5 Å². The molecule has 0 radical (unpaired) electrons. The number of hydrogen-bond acceptors (Lipinski definition) is 4. The summed E-state index contributed by atoms with van der Waals surface area (Å²) in [5.41, 5.74) is 2.04. The molecule has 3 rings (SSSR count). The maximum Gasteiger partial charge on any atom is 0.288 e. The zero-order valence-corrected chi connectivity index (χ0v) is 17.3. The number of hydrogen-bond donors (Lipinski definition) is 0. The van der Waals surface area contributed by atoms with Crippen LogP contribution in [0.1, 0.15) is 25.6 Å². The maximum atomic E-state index is 10.9. The molecule has 1 heterocycles. The predicted octanol–water partition coefficient (Wildman–Crippen LogP) is 6.58. The lowest BCUT2D eigenvalue weighted by atomic mass is 10.1. The van der Waals surface area contributed by atoms with Gasteiger partial charge in [-0.15, -0.1) is 0 Å². The summed E-state index contributed by atoms with van der Waals surface area (Å²) in [4.78, 5) is 10.4. The van der Waals surface area contributed by atoms with Crippen LogP contribution < -0.4 is 4.74 Å². The van der Waals surface area contributed by atoms with Gasteiger partial charge in [-0.1, -0.05) is 40.9 Å². The second-order valence-electron chi connectivity index (χ2n) is 6.30. The molecule has 0 bridgehead atoms. The van der Waals surface area contributed by atoms with Crippen molar-refractivity contribution in [2.45, 2.75) is 26.5 Å². The van der Waals surface area contributed by atoms with Crippen molar-refractivity contribution < 1.29 is 9.66 Å². The highest BCUT2D eigenvalue weighted by atomic mass is 35.5. The fraction of sp³-hybridized carbons (Fsp3) is 0.211. The number of aromatic nitrogens is 2. The number of nitrogens with zero attached hydrogens (tertiary/aromatic N) is 3. The molecule has 0 spiro atoms. The van der Waals surface area contributed by atoms with Gasteiger partial charge in [0.2, 0.25) is 0 Å². The molecular formula is C19H16Cl3N3O3. The van der Waals surface area contributed by atoms with E-state index in [1.165, 1.54) is 18.2 Å². The number of nitro groups is 1. The molecule has 3 aromatic rings. The molecule has 9 heteroatoms. The number of ether oxygens (including phenoxy) is 1. The van der Waals surface area contributed by atoms with E-state index in [4.69, 9.17) is 39.5 Å². The van der Waals surface area contributed by atoms with Crippen molar-refractivity contribution in [1.29, 1.82) is 0 Å². The first-order valence-electron chi connectivity index (χ1n) is 8.37. The van der Waals surface area contributed by atoms with Gasteiger partial charge in [-0.25, -0.2) is 0 Å². The van der Waals surface area contributed by atoms with E-state index in [0.29, 0.717) is 21.4 Å². The lowest BCUT2D eigenvalue weighted by molar-refractivity contribution is -0.384. The van der Waals surface area contributed by atoms with Gasteiger partial charge in [0.05, 0.1) is 26.9 Å². The van der Waals surface area contributed by atoms with Crippen LogP contribution in [0.15, 0.2) is 42.6 Å². The minimum atomic E-state index is -0.544. The number of benzene rings is 2. The molecule has 0 aliphatic carbocycles. The second kappa shape index (κ2) is 8.39. The molecule has 0 fully saturated rings. The molecule has 6 nitrogen and oxygen atoms in total. The minimum absolute atomic E-state index is 0.00855. The second-order valence-corrected chi connectivity index (χ2v) is 7.52. The Morgan fingerprint density at radius 2 is 1.82 bits per heavy atom. The molecule has 0 aliphatic heterocycles. The molecule has 1 aromatic heterocycles. The molecule has 28 heavy (non-hydrogen) atoms. The van der Waals surface area contributed by atoms with E-state index in [2.05, 4.69) is 5.10 Å². The number of halogens is 3. The van der Waals surface area contributed by atoms with E-state index in [-0.39, 0.29) is 23.4 Å². The van der Waals surface area contributed by atoms with Crippen LogP contribution in [0.2, 0.25) is 15.1 Å². The molecule has 0 amide bonds. The van der Waals surface area contributed by atoms with Crippen molar-refractivity contribution in [2.24, 2.45) is 0 Å². The molecule has 0 N–H and O–H groups in total. The highest BCUT2D eigenvalue weighted by Crippen LogP contribution is 2.37. The van der Waals surface area contributed by atoms with E-state index in [0.717, 1.165) is 11.3 Å². The largest absolute Gasteiger partial charge is 0.487 e. The Hall–Kier alpha value is -2.28. The highest BCUT2D eigenvalue weighted by molar-refractivity contribution is 6.39. The predicted molar refractivity (Wildman–Crippen MR) is 111 cm³/mol. The standard InChI is InChI=1S/C19H16Cl3N3O3/c1-11(2)24-18(10-28-12-6-7-17(25(26)27)16(22)8-12)13(9-23-24)19-14(20)4-3-5-15(19)21/h3-9,11H,10H2,1-2H3. The van der Waals surface area contributed by atoms with Gasteiger partial charge in [0.15, 0.2) is 0 Å². The fourth-order valence-electron chi connectivity index (χ4n) is 2.82. The molecule has 0 saturated heterocycles. The van der Waals surface area contributed by atoms with Crippen molar-refractivity contribution in [3.8, 4) is 16.9 Å². The fourth-order valence-corrected chi connectivity index (χ4v) is 3.66. The van der Waals surface area contributed by atoms with Crippen LogP contribution in [0.4, 0.5) is 5.69 Å². The van der Waals surface area contributed by atoms with Gasteiger partial charge in [-0.2, -0.15) is 5.10 Å². The van der Waals surface area contributed by atoms with Gasteiger partial charge in [-0.05, 0) is 32.0 Å². The third-order valence-corrected chi connectivity index (χ3v) is 5.04. The summed E-state index contributed by atoms with van der Waals surface area (Å²) in [5.74, 6) is 0.406. The van der Waals surface area contributed by atoms with E-state index in [1.807, 2.05) is 18.5 Å². The number of nitro benzene ring substituents is 1. The van der Waals surface area contributed by atoms with Crippen LogP contribution in [-0.2, 0) is 6.61 Å². The van der Waals surface area contributed by atoms with Crippen LogP contribution in [0.25, 0.3) is 11.1 Å². The third-order valence-electron chi connectivity index (χ3n) is 4.11. The molecule has 2 aromatic carbocycles. The van der Waals surface area contributed by atoms with Crippen LogP contribution in [0, 0.1) is 10.1 Å². The molecule has 0 unspecified atom stereocenters. The van der Waals surface area contributed by atoms with E-state index in [9.17, 15) is 10.1 Å². The highest BCUT2D eigenvalue weighted by Gasteiger charge is 2.20. The van der Waals surface area contributed by atoms with E-state index in [1.54, 1.807) is 24.4 Å². The SMILES string of the molecule is CC(C)n1ncc(-c2c(Cl)cccc2Cl)c1COc1ccc([N+](=O)[O-])c(Cl)c1. The molecule has 0 aliphatic rings. The van der Waals surface area contributed by atoms with Gasteiger partial charge in [0, 0.05) is 29.3 Å². The summed E-state index contributed by atoms with van der Waals surface area (Å²) in [6.45, 7) is 4.15. The normalized spacial score (nSPS) is 11.1. The summed E-state index contributed by atoms with van der Waals surface area (Å²) >= 11 is 18.7. The van der Waals surface area contributed by atoms with Crippen molar-refractivity contribution in [2.75, 3.05) is 0 Å². The van der Waals surface area contributed by atoms with Crippen molar-refractivity contribution in [3.63, 3.8) is 0 Å². The molecular weight excluding hydrogens is 425 g/mol. The Morgan fingerprint density at radius 1 is 1.14 bits per heavy atom. The lowest BCUT2D eigenvalue weighted by Crippen LogP contribution is -2.10. The van der Waals surface area contributed by atoms with Crippen molar-refractivity contribution in [3.05, 3.63) is 73.5 Å². The van der Waals surface area contributed by atoms with Gasteiger partial charge >= 0.3 is 0 Å².